The lowest BCUT2D eigenvalue weighted by Crippen LogP contribution is -2.23. The molecule has 0 radical (unpaired) electrons. The number of rotatable bonds is 7. The summed E-state index contributed by atoms with van der Waals surface area (Å²) in [5.41, 5.74) is 2.11. The lowest BCUT2D eigenvalue weighted by Gasteiger charge is -2.06. The number of aromatic nitrogens is 4. The van der Waals surface area contributed by atoms with Gasteiger partial charge in [0, 0.05) is 29.2 Å². The van der Waals surface area contributed by atoms with Gasteiger partial charge in [0.2, 0.25) is 11.9 Å². The predicted molar refractivity (Wildman–Crippen MR) is 120 cm³/mol. The number of amides is 1. The van der Waals surface area contributed by atoms with Gasteiger partial charge in [-0.15, -0.1) is 0 Å². The molecule has 164 valence electrons. The zero-order valence-electron chi connectivity index (χ0n) is 17.2. The second kappa shape index (κ2) is 9.19. The minimum absolute atomic E-state index is 0.0804. The average Bonchev–Trinajstić information content (AvgIpc) is 3.18. The van der Waals surface area contributed by atoms with Gasteiger partial charge in [-0.25, -0.2) is 9.37 Å². The number of hydrogen-bond acceptors (Lipinski definition) is 5. The number of benzene rings is 2. The number of aryl methyl sites for hydroxylation is 1. The lowest BCUT2D eigenvalue weighted by atomic mass is 10.1. The van der Waals surface area contributed by atoms with Gasteiger partial charge in [0.25, 0.3) is 11.3 Å². The van der Waals surface area contributed by atoms with Crippen LogP contribution in [0.1, 0.15) is 23.2 Å². The number of aromatic amines is 1. The molecule has 0 bridgehead atoms. The van der Waals surface area contributed by atoms with Crippen LogP contribution in [0.3, 0.4) is 0 Å². The van der Waals surface area contributed by atoms with Crippen molar-refractivity contribution in [2.45, 2.75) is 26.3 Å². The molecule has 0 spiro atoms. The average molecular weight is 455 g/mol. The Bertz CT molecular complexity index is 1320. The standard InChI is InChI=1S/C22H20ClFN6O2/c1-13-18(10-11-19(31)27-17-8-6-16(24)7-9-17)20(32)30-22(26-13)28-21(29-30)25-12-14-2-4-15(23)5-3-14/h2-9H,10-12H2,1H3,(H,27,31)(H2,25,26,28,29). The third-order valence-electron chi connectivity index (χ3n) is 4.90. The first-order valence-corrected chi connectivity index (χ1v) is 10.3. The first-order chi connectivity index (χ1) is 15.4. The van der Waals surface area contributed by atoms with E-state index in [4.69, 9.17) is 11.6 Å². The molecule has 0 aliphatic rings. The SMILES string of the molecule is Cc1nc2nc(NCc3ccc(Cl)cc3)[nH]n2c(=O)c1CCC(=O)Nc1ccc(F)cc1. The highest BCUT2D eigenvalue weighted by Gasteiger charge is 2.15. The van der Waals surface area contributed by atoms with Gasteiger partial charge in [0.15, 0.2) is 0 Å². The van der Waals surface area contributed by atoms with Gasteiger partial charge in [-0.1, -0.05) is 23.7 Å². The van der Waals surface area contributed by atoms with Crippen molar-refractivity contribution < 1.29 is 9.18 Å². The Morgan fingerprint density at radius 1 is 1.12 bits per heavy atom. The van der Waals surface area contributed by atoms with Crippen molar-refractivity contribution in [2.75, 3.05) is 10.6 Å². The van der Waals surface area contributed by atoms with E-state index >= 15 is 0 Å². The van der Waals surface area contributed by atoms with E-state index in [0.717, 1.165) is 5.56 Å². The lowest BCUT2D eigenvalue weighted by molar-refractivity contribution is -0.116. The molecule has 2 aromatic heterocycles. The van der Waals surface area contributed by atoms with E-state index in [-0.39, 0.29) is 35.9 Å². The summed E-state index contributed by atoms with van der Waals surface area (Å²) in [5, 5.41) is 9.36. The summed E-state index contributed by atoms with van der Waals surface area (Å²) in [6.07, 6.45) is 0.289. The molecule has 4 aromatic rings. The van der Waals surface area contributed by atoms with Crippen molar-refractivity contribution in [3.05, 3.63) is 86.5 Å². The zero-order chi connectivity index (χ0) is 22.7. The van der Waals surface area contributed by atoms with E-state index < -0.39 is 0 Å². The highest BCUT2D eigenvalue weighted by atomic mass is 35.5. The Morgan fingerprint density at radius 2 is 1.84 bits per heavy atom. The molecule has 0 unspecified atom stereocenters. The Hall–Kier alpha value is -3.72. The number of H-pyrrole nitrogens is 1. The second-order valence-electron chi connectivity index (χ2n) is 7.22. The second-order valence-corrected chi connectivity index (χ2v) is 7.66. The van der Waals surface area contributed by atoms with Gasteiger partial charge in [-0.3, -0.25) is 14.7 Å². The van der Waals surface area contributed by atoms with Crippen molar-refractivity contribution in [1.82, 2.24) is 19.6 Å². The van der Waals surface area contributed by atoms with Crippen LogP contribution >= 0.6 is 11.6 Å². The van der Waals surface area contributed by atoms with E-state index in [2.05, 4.69) is 25.7 Å². The molecule has 0 atom stereocenters. The van der Waals surface area contributed by atoms with E-state index in [1.165, 1.54) is 28.8 Å². The Balaban J connectivity index is 1.45. The van der Waals surface area contributed by atoms with E-state index in [9.17, 15) is 14.0 Å². The predicted octanol–water partition coefficient (Wildman–Crippen LogP) is 3.70. The third-order valence-corrected chi connectivity index (χ3v) is 5.15. The Morgan fingerprint density at radius 3 is 2.56 bits per heavy atom. The maximum absolute atomic E-state index is 13.0. The number of carbonyl (C=O) groups is 1. The molecule has 0 aliphatic heterocycles. The first kappa shape index (κ1) is 21.5. The number of nitrogens with one attached hydrogen (secondary N) is 3. The van der Waals surface area contributed by atoms with Gasteiger partial charge in [-0.2, -0.15) is 9.50 Å². The Labute approximate surface area is 187 Å². The van der Waals surface area contributed by atoms with Crippen LogP contribution < -0.4 is 16.2 Å². The topological polar surface area (TPSA) is 104 Å². The highest BCUT2D eigenvalue weighted by molar-refractivity contribution is 6.30. The molecule has 0 saturated carbocycles. The maximum Gasteiger partial charge on any atom is 0.277 e. The molecule has 0 aliphatic carbocycles. The molecule has 10 heteroatoms. The molecule has 0 fully saturated rings. The minimum Gasteiger partial charge on any atom is -0.351 e. The van der Waals surface area contributed by atoms with Crippen LogP contribution in [0.25, 0.3) is 5.78 Å². The Kier molecular flexibility index (Phi) is 6.18. The summed E-state index contributed by atoms with van der Waals surface area (Å²) < 4.78 is 14.2. The molecule has 2 aromatic carbocycles. The quantitative estimate of drug-likeness (QED) is 0.395. The van der Waals surface area contributed by atoms with Gasteiger partial charge >= 0.3 is 0 Å². The van der Waals surface area contributed by atoms with Crippen LogP contribution in [0.5, 0.6) is 0 Å². The number of halogens is 2. The number of carbonyl (C=O) groups excluding carboxylic acids is 1. The molecule has 3 N–H and O–H groups in total. The first-order valence-electron chi connectivity index (χ1n) is 9.91. The summed E-state index contributed by atoms with van der Waals surface area (Å²) >= 11 is 5.90. The largest absolute Gasteiger partial charge is 0.351 e. The van der Waals surface area contributed by atoms with Crippen LogP contribution in [-0.4, -0.2) is 25.5 Å². The van der Waals surface area contributed by atoms with Gasteiger partial charge in [0.1, 0.15) is 5.82 Å². The van der Waals surface area contributed by atoms with Crippen molar-refractivity contribution >= 4 is 34.9 Å². The van der Waals surface area contributed by atoms with Crippen molar-refractivity contribution in [3.8, 4) is 0 Å². The zero-order valence-corrected chi connectivity index (χ0v) is 17.9. The van der Waals surface area contributed by atoms with Crippen molar-refractivity contribution in [2.24, 2.45) is 0 Å². The van der Waals surface area contributed by atoms with Crippen LogP contribution in [0.2, 0.25) is 5.02 Å². The third kappa shape index (κ3) is 4.94. The summed E-state index contributed by atoms with van der Waals surface area (Å²) in [6, 6.07) is 12.9. The highest BCUT2D eigenvalue weighted by Crippen LogP contribution is 2.13. The fraction of sp³-hybridized carbons (Fsp3) is 0.182. The fourth-order valence-electron chi connectivity index (χ4n) is 3.20. The summed E-state index contributed by atoms with van der Waals surface area (Å²) in [6.45, 7) is 2.20. The van der Waals surface area contributed by atoms with Crippen molar-refractivity contribution in [3.63, 3.8) is 0 Å². The molecule has 1 amide bonds. The monoisotopic (exact) mass is 454 g/mol. The smallest absolute Gasteiger partial charge is 0.277 e. The van der Waals surface area contributed by atoms with Crippen LogP contribution in [0, 0.1) is 12.7 Å². The minimum atomic E-state index is -0.382. The van der Waals surface area contributed by atoms with Gasteiger partial charge in [-0.05, 0) is 55.3 Å². The molecule has 8 nitrogen and oxygen atoms in total. The fourth-order valence-corrected chi connectivity index (χ4v) is 3.33. The molecule has 4 rings (SSSR count). The number of anilines is 2. The van der Waals surface area contributed by atoms with Crippen molar-refractivity contribution in [1.29, 1.82) is 0 Å². The number of nitrogens with zero attached hydrogens (tertiary/aromatic N) is 3. The van der Waals surface area contributed by atoms with E-state index in [1.54, 1.807) is 19.1 Å². The van der Waals surface area contributed by atoms with Crippen LogP contribution in [-0.2, 0) is 17.8 Å². The van der Waals surface area contributed by atoms with E-state index in [1.807, 2.05) is 12.1 Å². The normalized spacial score (nSPS) is 11.0. The van der Waals surface area contributed by atoms with Gasteiger partial charge in [0.05, 0.1) is 5.69 Å². The van der Waals surface area contributed by atoms with Crippen LogP contribution in [0.15, 0.2) is 53.3 Å². The summed E-state index contributed by atoms with van der Waals surface area (Å²) in [4.78, 5) is 33.8. The maximum atomic E-state index is 13.0. The molecule has 0 saturated heterocycles. The molecular weight excluding hydrogens is 435 g/mol. The van der Waals surface area contributed by atoms with E-state index in [0.29, 0.717) is 34.5 Å². The number of fused-ring (bicyclic) bond motifs is 1. The van der Waals surface area contributed by atoms with Gasteiger partial charge < -0.3 is 10.6 Å². The summed E-state index contributed by atoms with van der Waals surface area (Å²) in [5.74, 6) is -0.0242. The summed E-state index contributed by atoms with van der Waals surface area (Å²) in [7, 11) is 0. The molecule has 32 heavy (non-hydrogen) atoms. The number of hydrogen-bond donors (Lipinski definition) is 3. The van der Waals surface area contributed by atoms with Crippen LogP contribution in [0.4, 0.5) is 16.0 Å². The molecular formula is C22H20ClFN6O2. The molecule has 2 heterocycles.